The van der Waals surface area contributed by atoms with E-state index in [2.05, 4.69) is 43.2 Å². The van der Waals surface area contributed by atoms with E-state index >= 15 is 0 Å². The zero-order valence-electron chi connectivity index (χ0n) is 17.5. The van der Waals surface area contributed by atoms with Crippen molar-refractivity contribution >= 4 is 49.7 Å². The summed E-state index contributed by atoms with van der Waals surface area (Å²) in [7, 11) is -3.70. The van der Waals surface area contributed by atoms with Crippen LogP contribution in [0.2, 0.25) is 10.0 Å². The van der Waals surface area contributed by atoms with E-state index in [4.69, 9.17) is 28.2 Å². The Balaban J connectivity index is 1.51. The van der Waals surface area contributed by atoms with Crippen molar-refractivity contribution in [2.24, 2.45) is 0 Å². The topological polar surface area (TPSA) is 53.5 Å². The van der Waals surface area contributed by atoms with Gasteiger partial charge < -0.3 is 4.90 Å². The Morgan fingerprint density at radius 3 is 2.26 bits per heavy atom. The van der Waals surface area contributed by atoms with E-state index in [1.54, 1.807) is 17.4 Å². The Bertz CT molecular complexity index is 1210. The molecule has 0 spiro atoms. The Morgan fingerprint density at radius 1 is 0.968 bits per heavy atom. The molecule has 1 saturated heterocycles. The summed E-state index contributed by atoms with van der Waals surface area (Å²) >= 11 is 13.7. The molecule has 2 heterocycles. The van der Waals surface area contributed by atoms with Crippen LogP contribution in [0.3, 0.4) is 0 Å². The number of nitrogens with zero attached hydrogens (tertiary/aromatic N) is 3. The molecule has 0 radical (unpaired) electrons. The first-order chi connectivity index (χ1) is 14.7. The number of sulfonamides is 1. The van der Waals surface area contributed by atoms with Gasteiger partial charge in [0.05, 0.1) is 10.7 Å². The van der Waals surface area contributed by atoms with Gasteiger partial charge in [-0.2, -0.15) is 4.31 Å². The number of benzene rings is 2. The molecule has 31 heavy (non-hydrogen) atoms. The number of anilines is 1. The smallest absolute Gasteiger partial charge is 0.244 e. The molecule has 0 N–H and O–H groups in total. The second-order valence-corrected chi connectivity index (χ2v) is 11.3. The first-order valence-corrected chi connectivity index (χ1v) is 13.0. The second-order valence-electron chi connectivity index (χ2n) is 7.75. The minimum Gasteiger partial charge on any atom is -0.345 e. The molecule has 2 aromatic carbocycles. The van der Waals surface area contributed by atoms with Gasteiger partial charge in [-0.1, -0.05) is 40.9 Å². The maximum Gasteiger partial charge on any atom is 0.244 e. The van der Waals surface area contributed by atoms with Gasteiger partial charge in [0, 0.05) is 42.1 Å². The van der Waals surface area contributed by atoms with Crippen LogP contribution in [-0.4, -0.2) is 43.9 Å². The number of piperazine rings is 1. The quantitative estimate of drug-likeness (QED) is 0.475. The van der Waals surface area contributed by atoms with Gasteiger partial charge in [-0.25, -0.2) is 13.4 Å². The zero-order chi connectivity index (χ0) is 22.3. The van der Waals surface area contributed by atoms with Crippen molar-refractivity contribution < 1.29 is 8.42 Å². The normalized spacial score (nSPS) is 15.5. The predicted octanol–water partition coefficient (Wildman–Crippen LogP) is 5.55. The number of hydrogen-bond donors (Lipinski definition) is 0. The number of aromatic nitrogens is 1. The summed E-state index contributed by atoms with van der Waals surface area (Å²) in [5, 5.41) is 3.51. The molecule has 1 aliphatic rings. The largest absolute Gasteiger partial charge is 0.345 e. The van der Waals surface area contributed by atoms with Crippen molar-refractivity contribution in [1.29, 1.82) is 0 Å². The fraction of sp³-hybridized carbons (Fsp3) is 0.318. The van der Waals surface area contributed by atoms with Crippen LogP contribution < -0.4 is 4.90 Å². The average molecular weight is 496 g/mol. The lowest BCUT2D eigenvalue weighted by atomic mass is 9.98. The van der Waals surface area contributed by atoms with E-state index in [-0.39, 0.29) is 9.92 Å². The zero-order valence-corrected chi connectivity index (χ0v) is 20.7. The summed E-state index contributed by atoms with van der Waals surface area (Å²) in [4.78, 5) is 7.05. The second kappa shape index (κ2) is 8.71. The van der Waals surface area contributed by atoms with Crippen molar-refractivity contribution in [3.8, 4) is 11.3 Å². The number of aryl methyl sites for hydroxylation is 3. The van der Waals surface area contributed by atoms with Crippen LogP contribution in [0.15, 0.2) is 40.6 Å². The fourth-order valence-electron chi connectivity index (χ4n) is 4.04. The van der Waals surface area contributed by atoms with Crippen molar-refractivity contribution in [3.63, 3.8) is 0 Å². The van der Waals surface area contributed by atoms with E-state index in [1.165, 1.54) is 38.7 Å². The molecule has 4 rings (SSSR count). The molecule has 5 nitrogen and oxygen atoms in total. The van der Waals surface area contributed by atoms with Gasteiger partial charge in [0.25, 0.3) is 0 Å². The third-order valence-corrected chi connectivity index (χ3v) is 8.96. The minimum atomic E-state index is -3.70. The molecule has 1 aromatic heterocycles. The molecule has 0 bridgehead atoms. The number of thiazole rings is 1. The molecule has 0 aliphatic carbocycles. The molecule has 3 aromatic rings. The Hall–Kier alpha value is -1.64. The minimum absolute atomic E-state index is 0.0528. The maximum atomic E-state index is 13.0. The Kier molecular flexibility index (Phi) is 6.34. The van der Waals surface area contributed by atoms with Gasteiger partial charge in [0.15, 0.2) is 5.13 Å². The van der Waals surface area contributed by atoms with Crippen molar-refractivity contribution in [2.45, 2.75) is 25.7 Å². The van der Waals surface area contributed by atoms with E-state index in [1.807, 2.05) is 0 Å². The highest BCUT2D eigenvalue weighted by molar-refractivity contribution is 7.89. The Labute approximate surface area is 197 Å². The lowest BCUT2D eigenvalue weighted by Crippen LogP contribution is -2.48. The maximum absolute atomic E-state index is 13.0. The number of hydrogen-bond acceptors (Lipinski definition) is 5. The lowest BCUT2D eigenvalue weighted by Gasteiger charge is -2.34. The van der Waals surface area contributed by atoms with Gasteiger partial charge in [-0.15, -0.1) is 11.3 Å². The number of rotatable bonds is 4. The van der Waals surface area contributed by atoms with Gasteiger partial charge in [-0.3, -0.25) is 0 Å². The summed E-state index contributed by atoms with van der Waals surface area (Å²) < 4.78 is 27.6. The highest BCUT2D eigenvalue weighted by Crippen LogP contribution is 2.33. The number of halogens is 2. The summed E-state index contributed by atoms with van der Waals surface area (Å²) in [5.74, 6) is 0. The van der Waals surface area contributed by atoms with Gasteiger partial charge in [-0.05, 0) is 50.1 Å². The molecule has 0 unspecified atom stereocenters. The summed E-state index contributed by atoms with van der Waals surface area (Å²) in [6, 6.07) is 8.85. The molecular weight excluding hydrogens is 473 g/mol. The van der Waals surface area contributed by atoms with Crippen LogP contribution in [0.1, 0.15) is 16.7 Å². The standard InChI is InChI=1S/C22H23Cl2N3O2S2/c1-14-10-15(2)21(16(3)11-14)19-13-30-22(25-19)26-6-8-27(9-7-26)31(28,29)20-12-17(23)4-5-18(20)24/h4-5,10-13H,6-9H2,1-3H3. The molecule has 0 saturated carbocycles. The van der Waals surface area contributed by atoms with Crippen LogP contribution >= 0.6 is 34.5 Å². The fourth-order valence-corrected chi connectivity index (χ4v) is 7.07. The third kappa shape index (κ3) is 4.47. The molecule has 9 heteroatoms. The molecule has 1 fully saturated rings. The van der Waals surface area contributed by atoms with Crippen LogP contribution in [0.4, 0.5) is 5.13 Å². The van der Waals surface area contributed by atoms with Gasteiger partial charge >= 0.3 is 0 Å². The van der Waals surface area contributed by atoms with Crippen molar-refractivity contribution in [1.82, 2.24) is 9.29 Å². The van der Waals surface area contributed by atoms with Crippen molar-refractivity contribution in [3.05, 3.63) is 62.4 Å². The molecule has 1 aliphatic heterocycles. The highest BCUT2D eigenvalue weighted by Gasteiger charge is 2.31. The summed E-state index contributed by atoms with van der Waals surface area (Å²) in [6.07, 6.45) is 0. The lowest BCUT2D eigenvalue weighted by molar-refractivity contribution is 0.385. The summed E-state index contributed by atoms with van der Waals surface area (Å²) in [6.45, 7) is 8.18. The van der Waals surface area contributed by atoms with E-state index < -0.39 is 10.0 Å². The van der Waals surface area contributed by atoms with E-state index in [9.17, 15) is 8.42 Å². The molecule has 0 amide bonds. The third-order valence-electron chi connectivity index (χ3n) is 5.45. The first-order valence-electron chi connectivity index (χ1n) is 9.90. The monoisotopic (exact) mass is 495 g/mol. The highest BCUT2D eigenvalue weighted by atomic mass is 35.5. The predicted molar refractivity (Wildman–Crippen MR) is 129 cm³/mol. The average Bonchev–Trinajstić information content (AvgIpc) is 3.18. The van der Waals surface area contributed by atoms with Crippen LogP contribution in [0.5, 0.6) is 0 Å². The molecule has 0 atom stereocenters. The van der Waals surface area contributed by atoms with Gasteiger partial charge in [0.1, 0.15) is 4.90 Å². The molecular formula is C22H23Cl2N3O2S2. The first kappa shape index (κ1) is 22.6. The van der Waals surface area contributed by atoms with Crippen LogP contribution in [0, 0.1) is 20.8 Å². The Morgan fingerprint density at radius 2 is 1.61 bits per heavy atom. The van der Waals surface area contributed by atoms with Crippen molar-refractivity contribution in [2.75, 3.05) is 31.1 Å². The van der Waals surface area contributed by atoms with Crippen LogP contribution in [-0.2, 0) is 10.0 Å². The molecule has 164 valence electrons. The van der Waals surface area contributed by atoms with E-state index in [0.29, 0.717) is 31.2 Å². The van der Waals surface area contributed by atoms with E-state index in [0.717, 1.165) is 10.8 Å². The van der Waals surface area contributed by atoms with Gasteiger partial charge in [0.2, 0.25) is 10.0 Å². The summed E-state index contributed by atoms with van der Waals surface area (Å²) in [5.41, 5.74) is 5.80. The SMILES string of the molecule is Cc1cc(C)c(-c2csc(N3CCN(S(=O)(=O)c4cc(Cl)ccc4Cl)CC3)n2)c(C)c1. The van der Waals surface area contributed by atoms with Crippen LogP contribution in [0.25, 0.3) is 11.3 Å².